The highest BCUT2D eigenvalue weighted by Gasteiger charge is 2.41. The van der Waals surface area contributed by atoms with Gasteiger partial charge in [-0.1, -0.05) is 0 Å². The second kappa shape index (κ2) is 6.11. The molecule has 0 spiro atoms. The smallest absolute Gasteiger partial charge is 0.0897 e. The molecule has 5 nitrogen and oxygen atoms in total. The van der Waals surface area contributed by atoms with Crippen LogP contribution in [0.4, 0.5) is 0 Å². The summed E-state index contributed by atoms with van der Waals surface area (Å²) in [6.07, 6.45) is 3.85. The van der Waals surface area contributed by atoms with Gasteiger partial charge < -0.3 is 25.0 Å². The number of hydrogen-bond acceptors (Lipinski definition) is 5. The number of nitrogens with one attached hydrogen (secondary N) is 1. The largest absolute Gasteiger partial charge is 0.394 e. The first-order chi connectivity index (χ1) is 8.24. The zero-order valence-electron chi connectivity index (χ0n) is 10.2. The molecule has 0 aromatic rings. The van der Waals surface area contributed by atoms with Crippen molar-refractivity contribution >= 4 is 0 Å². The number of hydrogen-bond donors (Lipinski definition) is 3. The molecular weight excluding hydrogens is 222 g/mol. The van der Waals surface area contributed by atoms with Crippen LogP contribution in [0.3, 0.4) is 0 Å². The summed E-state index contributed by atoms with van der Waals surface area (Å²) in [5, 5.41) is 22.0. The number of ether oxygens (including phenoxy) is 2. The fraction of sp³-hybridized carbons (Fsp3) is 1.00. The summed E-state index contributed by atoms with van der Waals surface area (Å²) in [5.74, 6) is 0. The maximum absolute atomic E-state index is 9.70. The summed E-state index contributed by atoms with van der Waals surface area (Å²) in [4.78, 5) is 0. The van der Waals surface area contributed by atoms with E-state index in [0.29, 0.717) is 19.8 Å². The molecule has 3 N–H and O–H groups in total. The Labute approximate surface area is 102 Å². The van der Waals surface area contributed by atoms with E-state index in [4.69, 9.17) is 14.6 Å². The SMILES string of the molecule is OCC1(NCC(O)COCC2CCCO2)CC1. The van der Waals surface area contributed by atoms with Crippen LogP contribution < -0.4 is 5.32 Å². The average molecular weight is 245 g/mol. The van der Waals surface area contributed by atoms with Crippen molar-refractivity contribution < 1.29 is 19.7 Å². The maximum atomic E-state index is 9.70. The third-order valence-electron chi connectivity index (χ3n) is 3.51. The van der Waals surface area contributed by atoms with Gasteiger partial charge in [0, 0.05) is 18.7 Å². The van der Waals surface area contributed by atoms with E-state index in [-0.39, 0.29) is 18.2 Å². The molecule has 0 aromatic carbocycles. The van der Waals surface area contributed by atoms with Crippen molar-refractivity contribution in [2.75, 3.05) is 33.0 Å². The molecule has 17 heavy (non-hydrogen) atoms. The molecule has 1 saturated carbocycles. The Bertz CT molecular complexity index is 227. The Morgan fingerprint density at radius 3 is 2.88 bits per heavy atom. The number of rotatable bonds is 8. The van der Waals surface area contributed by atoms with Gasteiger partial charge in [-0.2, -0.15) is 0 Å². The van der Waals surface area contributed by atoms with Gasteiger partial charge in [0.15, 0.2) is 0 Å². The van der Waals surface area contributed by atoms with Gasteiger partial charge >= 0.3 is 0 Å². The van der Waals surface area contributed by atoms with Crippen LogP contribution in [0.5, 0.6) is 0 Å². The van der Waals surface area contributed by atoms with Gasteiger partial charge in [-0.15, -0.1) is 0 Å². The summed E-state index contributed by atoms with van der Waals surface area (Å²) < 4.78 is 10.8. The van der Waals surface area contributed by atoms with Crippen LogP contribution in [0.1, 0.15) is 25.7 Å². The van der Waals surface area contributed by atoms with Gasteiger partial charge in [-0.05, 0) is 25.7 Å². The summed E-state index contributed by atoms with van der Waals surface area (Å²) in [7, 11) is 0. The Hall–Kier alpha value is -0.200. The first kappa shape index (κ1) is 13.2. The van der Waals surface area contributed by atoms with E-state index in [1.54, 1.807) is 0 Å². The molecule has 1 saturated heterocycles. The van der Waals surface area contributed by atoms with Crippen LogP contribution in [0.2, 0.25) is 0 Å². The minimum absolute atomic E-state index is 0.116. The Kier molecular flexibility index (Phi) is 4.76. The molecule has 1 aliphatic heterocycles. The molecule has 0 aromatic heterocycles. The second-order valence-electron chi connectivity index (χ2n) is 5.15. The summed E-state index contributed by atoms with van der Waals surface area (Å²) >= 11 is 0. The van der Waals surface area contributed by atoms with Crippen LogP contribution in [0.15, 0.2) is 0 Å². The van der Waals surface area contributed by atoms with Gasteiger partial charge in [0.2, 0.25) is 0 Å². The van der Waals surface area contributed by atoms with E-state index in [1.807, 2.05) is 0 Å². The average Bonchev–Trinajstić information content (AvgIpc) is 2.95. The van der Waals surface area contributed by atoms with E-state index in [2.05, 4.69) is 5.32 Å². The Balaban J connectivity index is 1.50. The molecule has 2 unspecified atom stereocenters. The van der Waals surface area contributed by atoms with Crippen molar-refractivity contribution in [3.05, 3.63) is 0 Å². The quantitative estimate of drug-likeness (QED) is 0.545. The van der Waals surface area contributed by atoms with Crippen LogP contribution >= 0.6 is 0 Å². The lowest BCUT2D eigenvalue weighted by molar-refractivity contribution is -0.0175. The van der Waals surface area contributed by atoms with Gasteiger partial charge in [0.05, 0.1) is 32.0 Å². The molecule has 5 heteroatoms. The Morgan fingerprint density at radius 1 is 1.47 bits per heavy atom. The molecule has 0 radical (unpaired) electrons. The second-order valence-corrected chi connectivity index (χ2v) is 5.15. The summed E-state index contributed by atoms with van der Waals surface area (Å²) in [5.41, 5.74) is -0.116. The van der Waals surface area contributed by atoms with Crippen molar-refractivity contribution in [1.29, 1.82) is 0 Å². The standard InChI is InChI=1S/C12H23NO4/c14-9-12(3-4-12)13-6-10(15)7-16-8-11-2-1-5-17-11/h10-11,13-15H,1-9H2. The van der Waals surface area contributed by atoms with E-state index in [9.17, 15) is 5.11 Å². The minimum atomic E-state index is -0.513. The summed E-state index contributed by atoms with van der Waals surface area (Å²) in [6.45, 7) is 2.36. The fourth-order valence-corrected chi connectivity index (χ4v) is 2.05. The summed E-state index contributed by atoms with van der Waals surface area (Å²) in [6, 6.07) is 0. The third kappa shape index (κ3) is 4.19. The van der Waals surface area contributed by atoms with Crippen molar-refractivity contribution in [3.63, 3.8) is 0 Å². The van der Waals surface area contributed by atoms with Gasteiger partial charge in [0.1, 0.15) is 0 Å². The lowest BCUT2D eigenvalue weighted by Gasteiger charge is -2.18. The van der Waals surface area contributed by atoms with Gasteiger partial charge in [-0.3, -0.25) is 0 Å². The molecule has 1 aliphatic carbocycles. The van der Waals surface area contributed by atoms with E-state index >= 15 is 0 Å². The van der Waals surface area contributed by atoms with Crippen molar-refractivity contribution in [3.8, 4) is 0 Å². The molecule has 2 aliphatic rings. The highest BCUT2D eigenvalue weighted by atomic mass is 16.5. The topological polar surface area (TPSA) is 71.0 Å². The number of aliphatic hydroxyl groups excluding tert-OH is 2. The van der Waals surface area contributed by atoms with Gasteiger partial charge in [-0.25, -0.2) is 0 Å². The molecule has 0 amide bonds. The van der Waals surface area contributed by atoms with Crippen molar-refractivity contribution in [2.45, 2.75) is 43.4 Å². The molecule has 0 bridgehead atoms. The maximum Gasteiger partial charge on any atom is 0.0897 e. The van der Waals surface area contributed by atoms with Crippen LogP contribution in [0, 0.1) is 0 Å². The predicted octanol–water partition coefficient (Wildman–Crippen LogP) is -0.343. The monoisotopic (exact) mass is 245 g/mol. The first-order valence-electron chi connectivity index (χ1n) is 6.47. The van der Waals surface area contributed by atoms with E-state index < -0.39 is 6.10 Å². The zero-order valence-corrected chi connectivity index (χ0v) is 10.2. The third-order valence-corrected chi connectivity index (χ3v) is 3.51. The van der Waals surface area contributed by atoms with Gasteiger partial charge in [0.25, 0.3) is 0 Å². The number of aliphatic hydroxyl groups is 2. The van der Waals surface area contributed by atoms with Crippen molar-refractivity contribution in [1.82, 2.24) is 5.32 Å². The highest BCUT2D eigenvalue weighted by Crippen LogP contribution is 2.34. The minimum Gasteiger partial charge on any atom is -0.394 e. The first-order valence-corrected chi connectivity index (χ1v) is 6.47. The molecular formula is C12H23NO4. The zero-order chi connectivity index (χ0) is 12.1. The molecule has 2 fully saturated rings. The fourth-order valence-electron chi connectivity index (χ4n) is 2.05. The van der Waals surface area contributed by atoms with Crippen LogP contribution in [-0.2, 0) is 9.47 Å². The van der Waals surface area contributed by atoms with Crippen molar-refractivity contribution in [2.24, 2.45) is 0 Å². The van der Waals surface area contributed by atoms with E-state index in [1.165, 1.54) is 0 Å². The molecule has 100 valence electrons. The lowest BCUT2D eigenvalue weighted by Crippen LogP contribution is -2.41. The van der Waals surface area contributed by atoms with Crippen LogP contribution in [0.25, 0.3) is 0 Å². The Morgan fingerprint density at radius 2 is 2.29 bits per heavy atom. The lowest BCUT2D eigenvalue weighted by atomic mass is 10.2. The predicted molar refractivity (Wildman–Crippen MR) is 62.9 cm³/mol. The van der Waals surface area contributed by atoms with Crippen LogP contribution in [-0.4, -0.2) is 60.9 Å². The number of β-amino-alcohol motifs (C(OH)–C–C–N with tert-alkyl or cyclic N) is 1. The molecule has 2 atom stereocenters. The molecule has 1 heterocycles. The van der Waals surface area contributed by atoms with E-state index in [0.717, 1.165) is 32.3 Å². The normalized spacial score (nSPS) is 28.2. The molecule has 2 rings (SSSR count). The highest BCUT2D eigenvalue weighted by molar-refractivity contribution is 5.01.